The highest BCUT2D eigenvalue weighted by Gasteiger charge is 2.18. The molecule has 0 amide bonds. The van der Waals surface area contributed by atoms with Crippen molar-refractivity contribution in [1.82, 2.24) is 0 Å². The fourth-order valence-electron chi connectivity index (χ4n) is 4.00. The van der Waals surface area contributed by atoms with Gasteiger partial charge in [0.1, 0.15) is 23.8 Å². The maximum absolute atomic E-state index is 15.1. The van der Waals surface area contributed by atoms with Crippen LogP contribution >= 0.6 is 0 Å². The van der Waals surface area contributed by atoms with Crippen molar-refractivity contribution in [3.8, 4) is 16.9 Å². The predicted molar refractivity (Wildman–Crippen MR) is 156 cm³/mol. The molecule has 6 nitrogen and oxygen atoms in total. The molecular weight excluding hydrogens is 528 g/mol. The number of benzene rings is 3. The third kappa shape index (κ3) is 8.72. The fourth-order valence-corrected chi connectivity index (χ4v) is 4.00. The number of ketones is 1. The van der Waals surface area contributed by atoms with Crippen LogP contribution in [0.2, 0.25) is 0 Å². The lowest BCUT2D eigenvalue weighted by Gasteiger charge is -2.14. The molecule has 0 aliphatic carbocycles. The van der Waals surface area contributed by atoms with Gasteiger partial charge in [0.15, 0.2) is 5.78 Å². The Balaban J connectivity index is 0.000000850. The van der Waals surface area contributed by atoms with Crippen LogP contribution in [0.5, 0.6) is 5.75 Å². The van der Waals surface area contributed by atoms with Crippen LogP contribution in [0.4, 0.5) is 8.78 Å². The summed E-state index contributed by atoms with van der Waals surface area (Å²) in [5.74, 6) is -0.754. The first-order chi connectivity index (χ1) is 19.3. The molecule has 0 saturated heterocycles. The quantitative estimate of drug-likeness (QED) is 0.165. The van der Waals surface area contributed by atoms with Crippen molar-refractivity contribution in [3.63, 3.8) is 0 Å². The second-order valence-electron chi connectivity index (χ2n) is 11.2. The number of Topliss-reactive ketones (excluding diaryl/α,β-unsaturated/α-hetero) is 1. The number of carbonyl (C=O) groups excluding carboxylic acids is 2. The second kappa shape index (κ2) is 13.5. The Morgan fingerprint density at radius 1 is 0.951 bits per heavy atom. The van der Waals surface area contributed by atoms with Crippen molar-refractivity contribution in [1.29, 1.82) is 0 Å². The number of ether oxygens (including phenoxy) is 2. The van der Waals surface area contributed by atoms with Crippen LogP contribution in [0.1, 0.15) is 68.6 Å². The van der Waals surface area contributed by atoms with E-state index in [9.17, 15) is 14.0 Å². The molecule has 0 unspecified atom stereocenters. The van der Waals surface area contributed by atoms with Gasteiger partial charge in [-0.25, -0.2) is 4.39 Å². The van der Waals surface area contributed by atoms with Crippen LogP contribution in [0.15, 0.2) is 59.0 Å². The lowest BCUT2D eigenvalue weighted by Crippen LogP contribution is -2.10. The van der Waals surface area contributed by atoms with Gasteiger partial charge >= 0.3 is 5.97 Å². The lowest BCUT2D eigenvalue weighted by molar-refractivity contribution is -0.142. The van der Waals surface area contributed by atoms with Crippen LogP contribution in [0.3, 0.4) is 0 Å². The van der Waals surface area contributed by atoms with Crippen LogP contribution in [0.25, 0.3) is 22.1 Å². The van der Waals surface area contributed by atoms with Gasteiger partial charge in [0.05, 0.1) is 13.0 Å². The van der Waals surface area contributed by atoms with E-state index in [2.05, 4.69) is 27.7 Å². The molecule has 218 valence electrons. The van der Waals surface area contributed by atoms with Crippen molar-refractivity contribution in [2.24, 2.45) is 11.1 Å². The topological polar surface area (TPSA) is 91.8 Å². The molecule has 4 aromatic rings. The number of carbonyl (C=O) groups is 2. The third-order valence-electron chi connectivity index (χ3n) is 5.74. The Morgan fingerprint density at radius 3 is 2.29 bits per heavy atom. The number of nitrogens with two attached hydrogens (primary N) is 1. The summed E-state index contributed by atoms with van der Waals surface area (Å²) >= 11 is 0. The molecule has 4 rings (SSSR count). The second-order valence-corrected chi connectivity index (χ2v) is 11.2. The van der Waals surface area contributed by atoms with E-state index in [1.807, 2.05) is 0 Å². The minimum absolute atomic E-state index is 0.00508. The molecule has 0 radical (unpaired) electrons. The van der Waals surface area contributed by atoms with Crippen LogP contribution in [-0.4, -0.2) is 18.4 Å². The summed E-state index contributed by atoms with van der Waals surface area (Å²) in [6, 6.07) is 13.4. The number of hydrogen-bond acceptors (Lipinski definition) is 6. The lowest BCUT2D eigenvalue weighted by atomic mass is 9.98. The average molecular weight is 566 g/mol. The maximum Gasteiger partial charge on any atom is 0.310 e. The highest BCUT2D eigenvalue weighted by atomic mass is 19.1. The molecule has 0 aliphatic rings. The van der Waals surface area contributed by atoms with Gasteiger partial charge in [-0.05, 0) is 43.0 Å². The molecule has 0 saturated carbocycles. The van der Waals surface area contributed by atoms with E-state index in [0.717, 1.165) is 0 Å². The monoisotopic (exact) mass is 565 g/mol. The Hall–Kier alpha value is -4.04. The molecule has 2 N–H and O–H groups in total. The van der Waals surface area contributed by atoms with Crippen molar-refractivity contribution in [2.75, 3.05) is 6.61 Å². The highest BCUT2D eigenvalue weighted by molar-refractivity contribution is 5.95. The molecule has 0 fully saturated rings. The van der Waals surface area contributed by atoms with Crippen molar-refractivity contribution in [2.45, 2.75) is 61.1 Å². The summed E-state index contributed by atoms with van der Waals surface area (Å²) in [6.07, 6.45) is -0.0321. The Labute approximate surface area is 239 Å². The maximum atomic E-state index is 15.1. The van der Waals surface area contributed by atoms with Crippen LogP contribution in [0, 0.1) is 17.2 Å². The van der Waals surface area contributed by atoms with Gasteiger partial charge in [0.25, 0.3) is 6.01 Å². The Morgan fingerprint density at radius 2 is 1.66 bits per heavy atom. The van der Waals surface area contributed by atoms with Crippen molar-refractivity contribution in [3.05, 3.63) is 88.7 Å². The molecule has 0 spiro atoms. The fraction of sp³-hybridized carbons (Fsp3) is 0.333. The van der Waals surface area contributed by atoms with E-state index in [1.165, 1.54) is 13.0 Å². The minimum atomic E-state index is -0.800. The first kappa shape index (κ1) is 31.5. The molecule has 3 aromatic carbocycles. The van der Waals surface area contributed by atoms with Gasteiger partial charge < -0.3 is 19.6 Å². The zero-order valence-electron chi connectivity index (χ0n) is 24.4. The van der Waals surface area contributed by atoms with Crippen molar-refractivity contribution < 1.29 is 32.3 Å². The summed E-state index contributed by atoms with van der Waals surface area (Å²) in [5, 5.41) is 0.436. The van der Waals surface area contributed by atoms with Gasteiger partial charge in [0.2, 0.25) is 0 Å². The minimum Gasteiger partial charge on any atom is -0.489 e. The normalized spacial score (nSPS) is 11.1. The molecule has 0 aliphatic heterocycles. The zero-order valence-corrected chi connectivity index (χ0v) is 24.4. The Bertz CT molecular complexity index is 1530. The molecule has 0 atom stereocenters. The number of rotatable bonds is 9. The summed E-state index contributed by atoms with van der Waals surface area (Å²) in [4.78, 5) is 24.0. The largest absolute Gasteiger partial charge is 0.489 e. The van der Waals surface area contributed by atoms with E-state index in [1.54, 1.807) is 55.5 Å². The summed E-state index contributed by atoms with van der Waals surface area (Å²) in [6.45, 7) is 12.2. The summed E-state index contributed by atoms with van der Waals surface area (Å²) in [7, 11) is 0. The average Bonchev–Trinajstić information content (AvgIpc) is 3.27. The van der Waals surface area contributed by atoms with E-state index < -0.39 is 17.8 Å². The van der Waals surface area contributed by atoms with Gasteiger partial charge in [0, 0.05) is 45.8 Å². The Kier molecular flexibility index (Phi) is 10.4. The van der Waals surface area contributed by atoms with Crippen molar-refractivity contribution >= 4 is 22.7 Å². The molecule has 0 bridgehead atoms. The molecular formula is C33H37F2NO5. The SMILES string of the molecule is CC(C)(C)C.CCOC(=O)Cc1ccc(C(C)=O)cc1OCc1cc(-c2cccc(CN)c2F)c2oc(F)cc2c1. The van der Waals surface area contributed by atoms with Crippen LogP contribution in [-0.2, 0) is 29.1 Å². The third-order valence-corrected chi connectivity index (χ3v) is 5.74. The molecule has 1 heterocycles. The summed E-state index contributed by atoms with van der Waals surface area (Å²) < 4.78 is 45.4. The first-order valence-corrected chi connectivity index (χ1v) is 13.4. The number of hydrogen-bond donors (Lipinski definition) is 1. The van der Waals surface area contributed by atoms with E-state index in [0.29, 0.717) is 44.4 Å². The van der Waals surface area contributed by atoms with Gasteiger partial charge in [-0.3, -0.25) is 9.59 Å². The smallest absolute Gasteiger partial charge is 0.310 e. The van der Waals surface area contributed by atoms with Gasteiger partial charge in [-0.15, -0.1) is 0 Å². The summed E-state index contributed by atoms with van der Waals surface area (Å²) in [5.41, 5.74) is 8.83. The molecule has 1 aromatic heterocycles. The number of halogens is 2. The number of esters is 1. The van der Waals surface area contributed by atoms with E-state index in [4.69, 9.17) is 19.6 Å². The molecule has 41 heavy (non-hydrogen) atoms. The van der Waals surface area contributed by atoms with Gasteiger partial charge in [-0.1, -0.05) is 58.0 Å². The van der Waals surface area contributed by atoms with E-state index >= 15 is 4.39 Å². The molecule has 8 heteroatoms. The first-order valence-electron chi connectivity index (χ1n) is 13.4. The number of fused-ring (bicyclic) bond motifs is 1. The number of furan rings is 1. The predicted octanol–water partition coefficient (Wildman–Crippen LogP) is 7.78. The van der Waals surface area contributed by atoms with Gasteiger partial charge in [-0.2, -0.15) is 4.39 Å². The highest BCUT2D eigenvalue weighted by Crippen LogP contribution is 2.35. The van der Waals surface area contributed by atoms with E-state index in [-0.39, 0.29) is 43.1 Å². The van der Waals surface area contributed by atoms with Crippen LogP contribution < -0.4 is 10.5 Å². The standard InChI is InChI=1S/C28H25F2NO5.C5H12/c1-3-34-26(33)13-19-8-7-18(16(2)32)11-24(19)35-15-17-9-21-12-25(29)36-28(21)23(10-17)22-6-4-5-20(14-31)27(22)30;1-5(2,3)4/h4-12H,3,13-15,31H2,1-2H3;1-4H3. The zero-order chi connectivity index (χ0) is 30.3.